The molecule has 276 valence electrons. The largest absolute Gasteiger partial charge is 0.416 e. The van der Waals surface area contributed by atoms with Gasteiger partial charge in [-0.15, -0.1) is 0 Å². The van der Waals surface area contributed by atoms with Crippen LogP contribution in [0.15, 0.2) is 85.1 Å². The van der Waals surface area contributed by atoms with E-state index >= 15 is 0 Å². The van der Waals surface area contributed by atoms with Crippen LogP contribution in [0.25, 0.3) is 11.3 Å². The van der Waals surface area contributed by atoms with E-state index in [9.17, 15) is 27.6 Å². The standard InChI is InChI=1S/C32H29F3N4O3.C7H16N2O/c1-3-39(4-2)26-11-12-28(38-31(42)23-9-5-8-22(15-23)20-40)27(18-26)29-17-24(13-14-36-29)30(41)37-19-21-7-6-10-25(16-21)32(33,34)35;1-8-2-3-9-4-6-10-7-5-9/h5-18,20H,3-4,19H2,1-2H3,(H,37,41)(H,38,42);8H,2-7H2,1H3. The molecule has 52 heavy (non-hydrogen) atoms. The fraction of sp³-hybridized carbons (Fsp3) is 0.333. The van der Waals surface area contributed by atoms with Crippen molar-refractivity contribution in [1.82, 2.24) is 20.5 Å². The number of pyridine rings is 1. The Labute approximate surface area is 302 Å². The van der Waals surface area contributed by atoms with Crippen molar-refractivity contribution in [3.8, 4) is 11.3 Å². The van der Waals surface area contributed by atoms with Crippen LogP contribution in [0.3, 0.4) is 0 Å². The Morgan fingerprint density at radius 3 is 2.35 bits per heavy atom. The number of halogens is 3. The number of anilines is 2. The Morgan fingerprint density at radius 2 is 1.65 bits per heavy atom. The topological polar surface area (TPSA) is 116 Å². The number of carbonyl (C=O) groups is 3. The third-order valence-electron chi connectivity index (χ3n) is 8.45. The summed E-state index contributed by atoms with van der Waals surface area (Å²) in [5.41, 5.74) is 2.73. The molecule has 1 saturated heterocycles. The van der Waals surface area contributed by atoms with E-state index < -0.39 is 23.6 Å². The maximum absolute atomic E-state index is 13.1. The smallest absolute Gasteiger partial charge is 0.379 e. The summed E-state index contributed by atoms with van der Waals surface area (Å²) in [5.74, 6) is -0.919. The molecule has 3 aromatic carbocycles. The highest BCUT2D eigenvalue weighted by molar-refractivity contribution is 6.07. The Hall–Kier alpha value is -5.11. The van der Waals surface area contributed by atoms with Crippen LogP contribution in [-0.2, 0) is 17.5 Å². The summed E-state index contributed by atoms with van der Waals surface area (Å²) in [6.45, 7) is 11.7. The molecule has 13 heteroatoms. The fourth-order valence-corrected chi connectivity index (χ4v) is 5.54. The van der Waals surface area contributed by atoms with Gasteiger partial charge in [-0.3, -0.25) is 24.3 Å². The highest BCUT2D eigenvalue weighted by Gasteiger charge is 2.30. The minimum Gasteiger partial charge on any atom is -0.379 e. The SMILES string of the molecule is CCN(CC)c1ccc(NC(=O)c2cccc(C=O)c2)c(-c2cc(C(=O)NCc3cccc(C(F)(F)F)c3)ccn2)c1.CNCCN1CCOCC1. The van der Waals surface area contributed by atoms with Crippen molar-refractivity contribution in [2.75, 3.05) is 69.7 Å². The van der Waals surface area contributed by atoms with Gasteiger partial charge < -0.3 is 25.6 Å². The van der Waals surface area contributed by atoms with Gasteiger partial charge >= 0.3 is 6.18 Å². The number of benzene rings is 3. The van der Waals surface area contributed by atoms with Crippen molar-refractivity contribution < 1.29 is 32.3 Å². The quantitative estimate of drug-likeness (QED) is 0.141. The number of hydrogen-bond acceptors (Lipinski definition) is 8. The van der Waals surface area contributed by atoms with Gasteiger partial charge in [0, 0.05) is 80.0 Å². The predicted octanol–water partition coefficient (Wildman–Crippen LogP) is 6.15. The molecule has 0 saturated carbocycles. The first-order valence-corrected chi connectivity index (χ1v) is 17.2. The Balaban J connectivity index is 0.000000521. The van der Waals surface area contributed by atoms with Gasteiger partial charge in [-0.1, -0.05) is 24.3 Å². The number of amides is 2. The van der Waals surface area contributed by atoms with Crippen molar-refractivity contribution in [3.63, 3.8) is 0 Å². The summed E-state index contributed by atoms with van der Waals surface area (Å²) in [6.07, 6.45) is -2.36. The Kier molecular flexibility index (Phi) is 14.9. The molecule has 1 fully saturated rings. The lowest BCUT2D eigenvalue weighted by molar-refractivity contribution is -0.137. The second-order valence-corrected chi connectivity index (χ2v) is 12.0. The molecule has 0 spiro atoms. The molecule has 0 atom stereocenters. The molecular formula is C39H45F3N6O4. The van der Waals surface area contributed by atoms with Crippen LogP contribution in [0.5, 0.6) is 0 Å². The second kappa shape index (κ2) is 19.5. The lowest BCUT2D eigenvalue weighted by Gasteiger charge is -2.26. The van der Waals surface area contributed by atoms with Gasteiger partial charge in [0.05, 0.1) is 30.2 Å². The molecule has 0 radical (unpaired) electrons. The number of ether oxygens (including phenoxy) is 1. The van der Waals surface area contributed by atoms with Gasteiger partial charge in [-0.25, -0.2) is 0 Å². The van der Waals surface area contributed by atoms with E-state index in [1.165, 1.54) is 30.5 Å². The van der Waals surface area contributed by atoms with Crippen LogP contribution in [-0.4, -0.2) is 87.5 Å². The van der Waals surface area contributed by atoms with E-state index in [1.54, 1.807) is 30.3 Å². The Morgan fingerprint density at radius 1 is 0.923 bits per heavy atom. The molecule has 1 aliphatic rings. The van der Waals surface area contributed by atoms with Gasteiger partial charge in [-0.2, -0.15) is 13.2 Å². The van der Waals surface area contributed by atoms with Gasteiger partial charge in [0.15, 0.2) is 0 Å². The number of aldehydes is 1. The van der Waals surface area contributed by atoms with Crippen molar-refractivity contribution in [3.05, 3.63) is 113 Å². The summed E-state index contributed by atoms with van der Waals surface area (Å²) >= 11 is 0. The number of morpholine rings is 1. The number of nitrogens with zero attached hydrogens (tertiary/aromatic N) is 3. The van der Waals surface area contributed by atoms with Gasteiger partial charge in [0.25, 0.3) is 11.8 Å². The molecular weight excluding hydrogens is 673 g/mol. The van der Waals surface area contributed by atoms with Crippen LogP contribution in [0.1, 0.15) is 56.0 Å². The number of carbonyl (C=O) groups excluding carboxylic acids is 3. The molecule has 0 bridgehead atoms. The van der Waals surface area contributed by atoms with E-state index in [-0.39, 0.29) is 12.1 Å². The number of likely N-dealkylation sites (N-methyl/N-ethyl adjacent to an activating group) is 1. The molecule has 10 nitrogen and oxygen atoms in total. The predicted molar refractivity (Wildman–Crippen MR) is 197 cm³/mol. The third kappa shape index (κ3) is 11.5. The lowest BCUT2D eigenvalue weighted by Crippen LogP contribution is -2.39. The summed E-state index contributed by atoms with van der Waals surface area (Å²) in [4.78, 5) is 46.2. The zero-order chi connectivity index (χ0) is 37.5. The Bertz CT molecular complexity index is 1790. The number of aromatic nitrogens is 1. The first-order chi connectivity index (χ1) is 25.1. The van der Waals surface area contributed by atoms with Gasteiger partial charge in [-0.05, 0) is 81.1 Å². The minimum atomic E-state index is -4.48. The number of nitrogens with one attached hydrogen (secondary N) is 3. The van der Waals surface area contributed by atoms with Crippen LogP contribution in [0.4, 0.5) is 24.5 Å². The molecule has 1 aromatic heterocycles. The molecule has 2 amide bonds. The lowest BCUT2D eigenvalue weighted by atomic mass is 10.0. The minimum absolute atomic E-state index is 0.0982. The second-order valence-electron chi connectivity index (χ2n) is 12.0. The van der Waals surface area contributed by atoms with Crippen molar-refractivity contribution in [2.45, 2.75) is 26.6 Å². The number of rotatable bonds is 13. The molecule has 2 heterocycles. The van der Waals surface area contributed by atoms with E-state index in [4.69, 9.17) is 4.74 Å². The summed E-state index contributed by atoms with van der Waals surface area (Å²) < 4.78 is 44.4. The molecule has 0 unspecified atom stereocenters. The van der Waals surface area contributed by atoms with Crippen molar-refractivity contribution >= 4 is 29.5 Å². The number of alkyl halides is 3. The van der Waals surface area contributed by atoms with Gasteiger partial charge in [0.2, 0.25) is 0 Å². The summed E-state index contributed by atoms with van der Waals surface area (Å²) in [6, 6.07) is 19.6. The molecule has 4 aromatic rings. The zero-order valence-corrected chi connectivity index (χ0v) is 29.6. The van der Waals surface area contributed by atoms with E-state index in [2.05, 4.69) is 30.7 Å². The monoisotopic (exact) mass is 718 g/mol. The first-order valence-electron chi connectivity index (χ1n) is 17.2. The maximum Gasteiger partial charge on any atom is 0.416 e. The van der Waals surface area contributed by atoms with Crippen LogP contribution in [0.2, 0.25) is 0 Å². The van der Waals surface area contributed by atoms with Crippen LogP contribution < -0.4 is 20.9 Å². The van der Waals surface area contributed by atoms with Crippen LogP contribution in [0, 0.1) is 0 Å². The summed E-state index contributed by atoms with van der Waals surface area (Å²) in [5, 5.41) is 8.68. The zero-order valence-electron chi connectivity index (χ0n) is 29.6. The number of hydrogen-bond donors (Lipinski definition) is 3. The van der Waals surface area contributed by atoms with Crippen molar-refractivity contribution in [1.29, 1.82) is 0 Å². The average Bonchev–Trinajstić information content (AvgIpc) is 3.17. The third-order valence-corrected chi connectivity index (χ3v) is 8.45. The van der Waals surface area contributed by atoms with E-state index in [0.717, 1.165) is 70.3 Å². The summed E-state index contributed by atoms with van der Waals surface area (Å²) in [7, 11) is 1.99. The molecule has 5 rings (SSSR count). The molecule has 0 aliphatic carbocycles. The van der Waals surface area contributed by atoms with E-state index in [0.29, 0.717) is 39.9 Å². The average molecular weight is 719 g/mol. The van der Waals surface area contributed by atoms with E-state index in [1.807, 2.05) is 33.0 Å². The van der Waals surface area contributed by atoms with Crippen LogP contribution >= 0.6 is 0 Å². The fourth-order valence-electron chi connectivity index (χ4n) is 5.54. The first kappa shape index (κ1) is 39.7. The molecule has 3 N–H and O–H groups in total. The van der Waals surface area contributed by atoms with Crippen molar-refractivity contribution in [2.24, 2.45) is 0 Å². The highest BCUT2D eigenvalue weighted by atomic mass is 19.4. The molecule has 1 aliphatic heterocycles. The highest BCUT2D eigenvalue weighted by Crippen LogP contribution is 2.33. The maximum atomic E-state index is 13.1. The van der Waals surface area contributed by atoms with Gasteiger partial charge in [0.1, 0.15) is 6.29 Å². The normalized spacial score (nSPS) is 13.0.